The van der Waals surface area contributed by atoms with E-state index in [0.29, 0.717) is 0 Å². The molecule has 0 aromatic heterocycles. The Balaban J connectivity index is -0.0000000378. The number of hydrogen-bond acceptors (Lipinski definition) is 0. The van der Waals surface area contributed by atoms with Crippen LogP contribution in [0.1, 0.15) is 0 Å². The second-order valence-electron chi connectivity index (χ2n) is 8.76. The van der Waals surface area contributed by atoms with Gasteiger partial charge in [-0.1, -0.05) is 0 Å². The minimum atomic E-state index is 0. The van der Waals surface area contributed by atoms with E-state index in [1.165, 1.54) is 0 Å². The molecule has 0 aliphatic carbocycles. The maximum atomic E-state index is 2.39. The van der Waals surface area contributed by atoms with Crippen LogP contribution in [-0.4, -0.2) is 118 Å². The molecule has 0 nitrogen and oxygen atoms in total. The van der Waals surface area contributed by atoms with Crippen LogP contribution < -0.4 is 0 Å². The fourth-order valence-corrected chi connectivity index (χ4v) is 12.7. The van der Waals surface area contributed by atoms with E-state index >= 15 is 0 Å². The Bertz CT molecular complexity index is 167. The molecule has 0 aromatic carbocycles. The second kappa shape index (κ2) is 40.4. The van der Waals surface area contributed by atoms with E-state index in [-0.39, 0.29) is 81.1 Å². The van der Waals surface area contributed by atoms with Crippen LogP contribution in [0.4, 0.5) is 0 Å². The predicted molar refractivity (Wildman–Crippen MR) is 164 cm³/mol. The topological polar surface area (TPSA) is 0 Å². The van der Waals surface area contributed by atoms with E-state index < -0.39 is 0 Å². The third kappa shape index (κ3) is 163. The van der Waals surface area contributed by atoms with Crippen LogP contribution in [0.15, 0.2) is 0 Å². The third-order valence-electron chi connectivity index (χ3n) is 1.41. The fraction of sp³-hybridized carbons (Fsp3) is 1.00. The molecule has 27 heavy (non-hydrogen) atoms. The molecule has 0 rings (SSSR count). The average Bonchev–Trinajstić information content (AvgIpc) is 2.24. The Morgan fingerprint density at radius 1 is 0.407 bits per heavy atom. The van der Waals surface area contributed by atoms with E-state index in [4.69, 9.17) is 0 Å². The van der Waals surface area contributed by atoms with Crippen molar-refractivity contribution in [3.8, 4) is 0 Å². The molecule has 0 fully saturated rings. The van der Waals surface area contributed by atoms with E-state index in [0.717, 1.165) is 8.58 Å². The summed E-state index contributed by atoms with van der Waals surface area (Å²) in [4.78, 5) is 0. The molecule has 2 radical (unpaired) electrons. The molecule has 0 aliphatic heterocycles. The molecule has 0 heterocycles. The van der Waals surface area contributed by atoms with Crippen molar-refractivity contribution < 1.29 is 33.6 Å². The van der Waals surface area contributed by atoms with Crippen LogP contribution in [0.2, 0.25) is 0 Å². The van der Waals surface area contributed by atoms with Crippen LogP contribution in [0.5, 0.6) is 0 Å². The van der Waals surface area contributed by atoms with Gasteiger partial charge < -0.3 is 0 Å². The normalized spacial score (nSPS) is 9.11. The van der Waals surface area contributed by atoms with Gasteiger partial charge >= 0.3 is 0 Å². The Labute approximate surface area is 207 Å². The minimum Gasteiger partial charge on any atom is -0.0190 e. The molecule has 178 valence electrons. The van der Waals surface area contributed by atoms with Crippen LogP contribution in [0.25, 0.3) is 0 Å². The Morgan fingerprint density at radius 3 is 0.481 bits per heavy atom. The maximum absolute atomic E-state index is 2.39. The van der Waals surface area contributed by atoms with Gasteiger partial charge in [0.15, 0.2) is 11.8 Å². The molecule has 0 spiro atoms. The molecule has 9 heteroatoms. The number of hydrogen-bond donors (Lipinski definition) is 0. The summed E-state index contributed by atoms with van der Waals surface area (Å²) in [7, 11) is 1.44. The zero-order chi connectivity index (χ0) is 21.6. The van der Waals surface area contributed by atoms with Gasteiger partial charge in [0, 0.05) is 172 Å². The first-order chi connectivity index (χ1) is 11.1. The second-order valence-corrected chi connectivity index (χ2v) is 28.4. The monoisotopic (exact) mass is 611 g/mol. The maximum Gasteiger partial charge on any atom is 0.154 e. The van der Waals surface area contributed by atoms with Gasteiger partial charge in [-0.3, -0.25) is 0 Å². The SMILES string of the molecule is C[PH+](C)C.C[PH+](C)C.C[PH+](C)C[PH+](C)C.C[PH+](C)C[PH+](C)C.C[PH2+]C.[Co].[Co]. The van der Waals surface area contributed by atoms with Crippen molar-refractivity contribution in [2.45, 2.75) is 0 Å². The van der Waals surface area contributed by atoms with E-state index in [2.05, 4.69) is 107 Å². The molecule has 0 unspecified atom stereocenters. The van der Waals surface area contributed by atoms with Crippen molar-refractivity contribution in [1.82, 2.24) is 0 Å². The largest absolute Gasteiger partial charge is 0.154 e. The first-order valence-electron chi connectivity index (χ1n) is 9.57. The molecule has 0 aromatic rings. The molecule has 0 amide bonds. The van der Waals surface area contributed by atoms with Gasteiger partial charge in [0.05, 0.1) is 0 Å². The standard InChI is InChI=1S/2C5H14P2.2C3H9P.C2H7P.2Co/c2*1-6(2)5-7(3)4;2*1-4(2)3;1-3-2;;/h2*5H2,1-4H3;2*1-3H3;3H,1-2H3;;/p+7. The third-order valence-corrected chi connectivity index (χ3v) is 12.7. The zero-order valence-corrected chi connectivity index (χ0v) is 30.9. The molecule has 0 aliphatic rings. The molecule has 0 atom stereocenters. The van der Waals surface area contributed by atoms with E-state index in [1.54, 1.807) is 11.8 Å². The summed E-state index contributed by atoms with van der Waals surface area (Å²) in [5.41, 5.74) is 0. The van der Waals surface area contributed by atoms with Crippen LogP contribution in [0.3, 0.4) is 0 Å². The first kappa shape index (κ1) is 48.5. The molecule has 0 saturated heterocycles. The van der Waals surface area contributed by atoms with Crippen molar-refractivity contribution in [1.29, 1.82) is 0 Å². The first-order valence-corrected chi connectivity index (χ1v) is 28.7. The van der Waals surface area contributed by atoms with Gasteiger partial charge in [-0.05, 0) is 24.4 Å². The van der Waals surface area contributed by atoms with Crippen molar-refractivity contribution in [2.75, 3.05) is 118 Å². The van der Waals surface area contributed by atoms with E-state index in [9.17, 15) is 0 Å². The summed E-state index contributed by atoms with van der Waals surface area (Å²) in [6, 6.07) is 0. The van der Waals surface area contributed by atoms with E-state index in [1.807, 2.05) is 0 Å². The van der Waals surface area contributed by atoms with Crippen molar-refractivity contribution in [3.05, 3.63) is 0 Å². The van der Waals surface area contributed by atoms with Crippen molar-refractivity contribution in [3.63, 3.8) is 0 Å². The molecule has 0 N–H and O–H groups in total. The molecule has 0 saturated carbocycles. The van der Waals surface area contributed by atoms with Crippen molar-refractivity contribution >= 4 is 56.1 Å². The van der Waals surface area contributed by atoms with Crippen LogP contribution >= 0.6 is 56.1 Å². The number of rotatable bonds is 4. The summed E-state index contributed by atoms with van der Waals surface area (Å²) >= 11 is 0. The van der Waals surface area contributed by atoms with Crippen molar-refractivity contribution in [2.24, 2.45) is 0 Å². The quantitative estimate of drug-likeness (QED) is 0.314. The summed E-state index contributed by atoms with van der Waals surface area (Å²) in [6.07, 6.45) is 0. The summed E-state index contributed by atoms with van der Waals surface area (Å²) in [5.74, 6) is 3.13. The summed E-state index contributed by atoms with van der Waals surface area (Å²) in [6.45, 7) is 37.2. The Hall–Kier alpha value is 4.02. The fourth-order valence-electron chi connectivity index (χ4n) is 1.41. The molecular weight excluding hydrogens is 551 g/mol. The van der Waals surface area contributed by atoms with Gasteiger partial charge in [-0.2, -0.15) is 0 Å². The average molecular weight is 611 g/mol. The predicted octanol–water partition coefficient (Wildman–Crippen LogP) is 6.61. The summed E-state index contributed by atoms with van der Waals surface area (Å²) in [5, 5.41) is 0. The van der Waals surface area contributed by atoms with Crippen LogP contribution in [0, 0.1) is 0 Å². The van der Waals surface area contributed by atoms with Gasteiger partial charge in [0.1, 0.15) is 0 Å². The molecule has 0 bridgehead atoms. The van der Waals surface area contributed by atoms with Crippen LogP contribution in [-0.2, 0) is 33.6 Å². The smallest absolute Gasteiger partial charge is 0.0190 e. The molecular formula is C18H60Co2P7+7. The van der Waals surface area contributed by atoms with Gasteiger partial charge in [-0.15, -0.1) is 0 Å². The van der Waals surface area contributed by atoms with Gasteiger partial charge in [-0.25, -0.2) is 0 Å². The minimum absolute atomic E-state index is 0. The Morgan fingerprint density at radius 2 is 0.481 bits per heavy atom. The van der Waals surface area contributed by atoms with Gasteiger partial charge in [0.2, 0.25) is 0 Å². The zero-order valence-electron chi connectivity index (χ0n) is 21.7. The summed E-state index contributed by atoms with van der Waals surface area (Å²) < 4.78 is 0. The van der Waals surface area contributed by atoms with Gasteiger partial charge in [0.25, 0.3) is 0 Å². The Kier molecular flexibility index (Phi) is 72.5.